The van der Waals surface area contributed by atoms with E-state index < -0.39 is 4.92 Å². The first-order valence-corrected chi connectivity index (χ1v) is 7.44. The van der Waals surface area contributed by atoms with Crippen LogP contribution in [0.15, 0.2) is 30.9 Å². The van der Waals surface area contributed by atoms with Crippen LogP contribution in [0, 0.1) is 16.0 Å². The fraction of sp³-hybridized carbons (Fsp3) is 0.400. The van der Waals surface area contributed by atoms with E-state index in [-0.39, 0.29) is 17.3 Å². The van der Waals surface area contributed by atoms with Crippen molar-refractivity contribution in [2.75, 3.05) is 17.2 Å². The molecule has 0 aliphatic rings. The van der Waals surface area contributed by atoms with Gasteiger partial charge in [0.1, 0.15) is 6.33 Å². The van der Waals surface area contributed by atoms with Crippen LogP contribution >= 0.6 is 0 Å². The highest BCUT2D eigenvalue weighted by molar-refractivity contribution is 5.69. The maximum absolute atomic E-state index is 11.4. The van der Waals surface area contributed by atoms with Crippen LogP contribution in [-0.4, -0.2) is 26.4 Å². The lowest BCUT2D eigenvalue weighted by Crippen LogP contribution is -2.11. The van der Waals surface area contributed by atoms with Gasteiger partial charge in [-0.2, -0.15) is 0 Å². The summed E-state index contributed by atoms with van der Waals surface area (Å²) >= 11 is 0. The minimum atomic E-state index is -0.469. The number of nitro groups is 1. The first-order chi connectivity index (χ1) is 11.1. The topological polar surface area (TPSA) is 106 Å². The molecule has 0 aliphatic heterocycles. The smallest absolute Gasteiger partial charge is 0.353 e. The van der Waals surface area contributed by atoms with E-state index in [4.69, 9.17) is 0 Å². The van der Waals surface area contributed by atoms with Gasteiger partial charge in [0.25, 0.3) is 0 Å². The van der Waals surface area contributed by atoms with Gasteiger partial charge in [0.05, 0.1) is 4.92 Å². The standard InChI is InChI=1S/C15H20N6O2/c1-11(2)5-7-17-14-13(21(22)23)15(20-10-19-14)18-9-12-4-3-6-16-8-12/h3-4,6,8,10-11H,5,7,9H2,1-2H3,(H2,17,18,19,20). The minimum Gasteiger partial charge on any atom is -0.364 e. The molecule has 0 saturated heterocycles. The fourth-order valence-electron chi connectivity index (χ4n) is 1.98. The van der Waals surface area contributed by atoms with Gasteiger partial charge in [-0.15, -0.1) is 0 Å². The van der Waals surface area contributed by atoms with Crippen LogP contribution in [0.3, 0.4) is 0 Å². The van der Waals surface area contributed by atoms with Crippen molar-refractivity contribution in [2.24, 2.45) is 5.92 Å². The lowest BCUT2D eigenvalue weighted by molar-refractivity contribution is -0.383. The number of aromatic nitrogens is 3. The Hall–Kier alpha value is -2.77. The van der Waals surface area contributed by atoms with E-state index in [0.29, 0.717) is 19.0 Å². The maximum atomic E-state index is 11.4. The van der Waals surface area contributed by atoms with Gasteiger partial charge in [-0.1, -0.05) is 19.9 Å². The number of rotatable bonds is 8. The second-order valence-corrected chi connectivity index (χ2v) is 5.50. The number of nitrogens with one attached hydrogen (secondary N) is 2. The number of nitrogens with zero attached hydrogens (tertiary/aromatic N) is 4. The number of anilines is 2. The van der Waals surface area contributed by atoms with Crippen LogP contribution in [0.4, 0.5) is 17.3 Å². The van der Waals surface area contributed by atoms with E-state index in [1.807, 2.05) is 12.1 Å². The van der Waals surface area contributed by atoms with Gasteiger partial charge >= 0.3 is 5.69 Å². The van der Waals surface area contributed by atoms with Crippen molar-refractivity contribution in [1.82, 2.24) is 15.0 Å². The second kappa shape index (κ2) is 8.02. The summed E-state index contributed by atoms with van der Waals surface area (Å²) in [6.07, 6.45) is 5.59. The second-order valence-electron chi connectivity index (χ2n) is 5.50. The molecule has 122 valence electrons. The lowest BCUT2D eigenvalue weighted by atomic mass is 10.1. The number of hydrogen-bond donors (Lipinski definition) is 2. The average Bonchev–Trinajstić information content (AvgIpc) is 2.53. The molecule has 8 heteroatoms. The third-order valence-corrected chi connectivity index (χ3v) is 3.20. The molecule has 2 N–H and O–H groups in total. The molecule has 8 nitrogen and oxygen atoms in total. The molecule has 2 rings (SSSR count). The van der Waals surface area contributed by atoms with E-state index in [1.165, 1.54) is 6.33 Å². The SMILES string of the molecule is CC(C)CCNc1ncnc(NCc2cccnc2)c1[N+](=O)[O-]. The minimum absolute atomic E-state index is 0.139. The van der Waals surface area contributed by atoms with Gasteiger partial charge in [-0.25, -0.2) is 9.97 Å². The molecule has 0 fully saturated rings. The molecule has 0 aromatic carbocycles. The predicted molar refractivity (Wildman–Crippen MR) is 88.2 cm³/mol. The Balaban J connectivity index is 2.13. The number of pyridine rings is 1. The molecule has 0 saturated carbocycles. The molecular weight excluding hydrogens is 296 g/mol. The first-order valence-electron chi connectivity index (χ1n) is 7.44. The van der Waals surface area contributed by atoms with Gasteiger partial charge in [-0.3, -0.25) is 15.1 Å². The van der Waals surface area contributed by atoms with E-state index in [2.05, 4.69) is 39.4 Å². The molecule has 23 heavy (non-hydrogen) atoms. The lowest BCUT2D eigenvalue weighted by Gasteiger charge is -2.10. The van der Waals surface area contributed by atoms with Crippen molar-refractivity contribution in [3.63, 3.8) is 0 Å². The Kier molecular flexibility index (Phi) is 5.79. The monoisotopic (exact) mass is 316 g/mol. The molecule has 0 aliphatic carbocycles. The largest absolute Gasteiger partial charge is 0.364 e. The van der Waals surface area contributed by atoms with E-state index in [0.717, 1.165) is 12.0 Å². The van der Waals surface area contributed by atoms with Crippen LogP contribution in [0.1, 0.15) is 25.8 Å². The number of hydrogen-bond acceptors (Lipinski definition) is 7. The van der Waals surface area contributed by atoms with Crippen LogP contribution in [-0.2, 0) is 6.54 Å². The van der Waals surface area contributed by atoms with E-state index >= 15 is 0 Å². The fourth-order valence-corrected chi connectivity index (χ4v) is 1.98. The Bertz CT molecular complexity index is 648. The Morgan fingerprint density at radius 3 is 2.61 bits per heavy atom. The summed E-state index contributed by atoms with van der Waals surface area (Å²) in [7, 11) is 0. The van der Waals surface area contributed by atoms with Gasteiger partial charge < -0.3 is 10.6 Å². The van der Waals surface area contributed by atoms with Crippen LogP contribution in [0.2, 0.25) is 0 Å². The van der Waals surface area contributed by atoms with Crippen molar-refractivity contribution in [3.05, 3.63) is 46.5 Å². The summed E-state index contributed by atoms with van der Waals surface area (Å²) in [6.45, 7) is 5.21. The first kappa shape index (κ1) is 16.6. The van der Waals surface area contributed by atoms with Gasteiger partial charge in [0.15, 0.2) is 0 Å². The Morgan fingerprint density at radius 2 is 2.00 bits per heavy atom. The van der Waals surface area contributed by atoms with Crippen LogP contribution < -0.4 is 10.6 Å². The molecule has 0 spiro atoms. The molecule has 0 bridgehead atoms. The van der Waals surface area contributed by atoms with Crippen molar-refractivity contribution >= 4 is 17.3 Å². The summed E-state index contributed by atoms with van der Waals surface area (Å²) in [5, 5.41) is 17.4. The van der Waals surface area contributed by atoms with Gasteiger partial charge in [0.2, 0.25) is 11.6 Å². The summed E-state index contributed by atoms with van der Waals surface area (Å²) in [5.41, 5.74) is 0.773. The zero-order valence-electron chi connectivity index (χ0n) is 13.2. The molecular formula is C15H20N6O2. The highest BCUT2D eigenvalue weighted by atomic mass is 16.6. The summed E-state index contributed by atoms with van der Waals surface area (Å²) in [5.74, 6) is 0.937. The zero-order chi connectivity index (χ0) is 16.7. The molecule has 0 atom stereocenters. The Labute approximate surface area is 134 Å². The molecule has 2 aromatic rings. The van der Waals surface area contributed by atoms with Crippen molar-refractivity contribution in [3.8, 4) is 0 Å². The van der Waals surface area contributed by atoms with Gasteiger partial charge in [0, 0.05) is 25.5 Å². The highest BCUT2D eigenvalue weighted by Crippen LogP contribution is 2.29. The molecule has 0 radical (unpaired) electrons. The Morgan fingerprint density at radius 1 is 1.26 bits per heavy atom. The average molecular weight is 316 g/mol. The predicted octanol–water partition coefficient (Wildman–Crippen LogP) is 2.85. The maximum Gasteiger partial charge on any atom is 0.353 e. The summed E-state index contributed by atoms with van der Waals surface area (Å²) < 4.78 is 0. The quantitative estimate of drug-likeness (QED) is 0.569. The van der Waals surface area contributed by atoms with Crippen LogP contribution in [0.25, 0.3) is 0 Å². The van der Waals surface area contributed by atoms with Crippen molar-refractivity contribution < 1.29 is 4.92 Å². The molecule has 2 aromatic heterocycles. The molecule has 0 amide bonds. The molecule has 2 heterocycles. The normalized spacial score (nSPS) is 10.6. The highest BCUT2D eigenvalue weighted by Gasteiger charge is 2.22. The third kappa shape index (κ3) is 4.87. The van der Waals surface area contributed by atoms with Crippen molar-refractivity contribution in [1.29, 1.82) is 0 Å². The van der Waals surface area contributed by atoms with E-state index in [9.17, 15) is 10.1 Å². The van der Waals surface area contributed by atoms with Crippen molar-refractivity contribution in [2.45, 2.75) is 26.8 Å². The molecule has 0 unspecified atom stereocenters. The van der Waals surface area contributed by atoms with Gasteiger partial charge in [-0.05, 0) is 24.0 Å². The summed E-state index contributed by atoms with van der Waals surface area (Å²) in [6, 6.07) is 3.69. The van der Waals surface area contributed by atoms with Crippen LogP contribution in [0.5, 0.6) is 0 Å². The summed E-state index contributed by atoms with van der Waals surface area (Å²) in [4.78, 5) is 22.9. The van der Waals surface area contributed by atoms with E-state index in [1.54, 1.807) is 12.4 Å². The zero-order valence-corrected chi connectivity index (χ0v) is 13.2. The third-order valence-electron chi connectivity index (χ3n) is 3.20.